The molecule has 1 N–H and O–H groups in total. The van der Waals surface area contributed by atoms with Crippen LogP contribution in [0.2, 0.25) is 10.0 Å². The second-order valence-electron chi connectivity index (χ2n) is 4.52. The van der Waals surface area contributed by atoms with Gasteiger partial charge in [-0.3, -0.25) is 0 Å². The lowest BCUT2D eigenvalue weighted by molar-refractivity contribution is -0.274. The second kappa shape index (κ2) is 6.77. The summed E-state index contributed by atoms with van der Waals surface area (Å²) < 4.78 is 40.2. The number of halogens is 5. The number of aliphatic hydroxyl groups excluding tert-OH is 1. The third-order valence-electron chi connectivity index (χ3n) is 3.04. The van der Waals surface area contributed by atoms with Gasteiger partial charge in [-0.25, -0.2) is 0 Å². The summed E-state index contributed by atoms with van der Waals surface area (Å²) in [7, 11) is 0. The Morgan fingerprint density at radius 1 is 1.05 bits per heavy atom. The van der Waals surface area contributed by atoms with Gasteiger partial charge in [0.05, 0.1) is 6.61 Å². The molecule has 0 aliphatic carbocycles. The summed E-state index contributed by atoms with van der Waals surface area (Å²) in [4.78, 5) is 0. The lowest BCUT2D eigenvalue weighted by atomic mass is 9.92. The standard InChI is InChI=1S/C15H11Cl2F3O2/c16-10-3-6-12(14(17)7-10)13(8-21)9-1-4-11(5-2-9)22-15(18,19)20/h1-7,13,21H,8H2. The molecule has 1 atom stereocenters. The summed E-state index contributed by atoms with van der Waals surface area (Å²) >= 11 is 11.9. The first-order valence-electron chi connectivity index (χ1n) is 6.21. The highest BCUT2D eigenvalue weighted by Crippen LogP contribution is 2.33. The first kappa shape index (κ1) is 16.9. The predicted molar refractivity (Wildman–Crippen MR) is 78.5 cm³/mol. The molecular formula is C15H11Cl2F3O2. The van der Waals surface area contributed by atoms with E-state index in [2.05, 4.69) is 4.74 Å². The molecule has 0 spiro atoms. The minimum Gasteiger partial charge on any atom is -0.406 e. The molecular weight excluding hydrogens is 340 g/mol. The molecule has 0 bridgehead atoms. The van der Waals surface area contributed by atoms with E-state index in [0.29, 0.717) is 21.2 Å². The Kier molecular flexibility index (Phi) is 5.21. The number of hydrogen-bond donors (Lipinski definition) is 1. The zero-order chi connectivity index (χ0) is 16.3. The molecule has 2 nitrogen and oxygen atoms in total. The van der Waals surface area contributed by atoms with Crippen molar-refractivity contribution >= 4 is 23.2 Å². The number of ether oxygens (including phenoxy) is 1. The maximum absolute atomic E-state index is 12.1. The van der Waals surface area contributed by atoms with Crippen molar-refractivity contribution in [3.8, 4) is 5.75 Å². The highest BCUT2D eigenvalue weighted by atomic mass is 35.5. The van der Waals surface area contributed by atoms with Crippen molar-refractivity contribution in [2.45, 2.75) is 12.3 Å². The minimum absolute atomic E-state index is 0.249. The van der Waals surface area contributed by atoms with E-state index < -0.39 is 12.3 Å². The lowest BCUT2D eigenvalue weighted by Crippen LogP contribution is -2.17. The third kappa shape index (κ3) is 4.29. The molecule has 0 aliphatic heterocycles. The van der Waals surface area contributed by atoms with E-state index in [4.69, 9.17) is 23.2 Å². The summed E-state index contributed by atoms with van der Waals surface area (Å²) in [6.45, 7) is -0.249. The Morgan fingerprint density at radius 2 is 1.68 bits per heavy atom. The Labute approximate surface area is 135 Å². The highest BCUT2D eigenvalue weighted by molar-refractivity contribution is 6.35. The molecule has 0 amide bonds. The van der Waals surface area contributed by atoms with Gasteiger partial charge in [0.2, 0.25) is 0 Å². The normalized spacial score (nSPS) is 13.0. The Bertz CT molecular complexity index is 642. The average molecular weight is 351 g/mol. The monoisotopic (exact) mass is 350 g/mol. The van der Waals surface area contributed by atoms with Gasteiger partial charge in [0, 0.05) is 16.0 Å². The van der Waals surface area contributed by atoms with Crippen molar-refractivity contribution in [3.05, 3.63) is 63.6 Å². The van der Waals surface area contributed by atoms with Crippen LogP contribution in [0.15, 0.2) is 42.5 Å². The van der Waals surface area contributed by atoms with Gasteiger partial charge >= 0.3 is 6.36 Å². The first-order valence-corrected chi connectivity index (χ1v) is 6.97. The number of hydrogen-bond acceptors (Lipinski definition) is 2. The quantitative estimate of drug-likeness (QED) is 0.839. The fraction of sp³-hybridized carbons (Fsp3) is 0.200. The summed E-state index contributed by atoms with van der Waals surface area (Å²) in [5.74, 6) is -0.792. The molecule has 0 aliphatic rings. The number of alkyl halides is 3. The predicted octanol–water partition coefficient (Wildman–Crippen LogP) is 5.02. The van der Waals surface area contributed by atoms with E-state index in [-0.39, 0.29) is 12.4 Å². The smallest absolute Gasteiger partial charge is 0.406 e. The van der Waals surface area contributed by atoms with Crippen molar-refractivity contribution in [3.63, 3.8) is 0 Å². The summed E-state index contributed by atoms with van der Waals surface area (Å²) in [6, 6.07) is 10.1. The molecule has 0 fully saturated rings. The van der Waals surface area contributed by atoms with Crippen LogP contribution < -0.4 is 4.74 Å². The van der Waals surface area contributed by atoms with Gasteiger partial charge in [0.25, 0.3) is 0 Å². The van der Waals surface area contributed by atoms with Gasteiger partial charge in [0.1, 0.15) is 5.75 Å². The Balaban J connectivity index is 2.28. The molecule has 0 saturated carbocycles. The van der Waals surface area contributed by atoms with Crippen molar-refractivity contribution in [1.29, 1.82) is 0 Å². The van der Waals surface area contributed by atoms with Crippen LogP contribution in [-0.2, 0) is 0 Å². The van der Waals surface area contributed by atoms with Crippen LogP contribution in [0.1, 0.15) is 17.0 Å². The maximum atomic E-state index is 12.1. The van der Waals surface area contributed by atoms with Gasteiger partial charge in [-0.05, 0) is 35.4 Å². The van der Waals surface area contributed by atoms with Crippen molar-refractivity contribution in [2.24, 2.45) is 0 Å². The van der Waals surface area contributed by atoms with Gasteiger partial charge in [-0.2, -0.15) is 0 Å². The van der Waals surface area contributed by atoms with E-state index in [1.165, 1.54) is 24.3 Å². The van der Waals surface area contributed by atoms with Gasteiger partial charge in [-0.1, -0.05) is 41.4 Å². The number of rotatable bonds is 4. The molecule has 0 radical (unpaired) electrons. The highest BCUT2D eigenvalue weighted by Gasteiger charge is 2.31. The molecule has 2 aromatic carbocycles. The van der Waals surface area contributed by atoms with E-state index >= 15 is 0 Å². The third-order valence-corrected chi connectivity index (χ3v) is 3.60. The van der Waals surface area contributed by atoms with Crippen LogP contribution in [0.5, 0.6) is 5.75 Å². The fourth-order valence-electron chi connectivity index (χ4n) is 2.07. The van der Waals surface area contributed by atoms with Gasteiger partial charge in [-0.15, -0.1) is 13.2 Å². The van der Waals surface area contributed by atoms with Crippen molar-refractivity contribution in [2.75, 3.05) is 6.61 Å². The topological polar surface area (TPSA) is 29.5 Å². The molecule has 2 aromatic rings. The molecule has 2 rings (SSSR count). The Hall–Kier alpha value is -1.43. The van der Waals surface area contributed by atoms with Crippen molar-refractivity contribution in [1.82, 2.24) is 0 Å². The van der Waals surface area contributed by atoms with Gasteiger partial charge in [0.15, 0.2) is 0 Å². The molecule has 118 valence electrons. The maximum Gasteiger partial charge on any atom is 0.573 e. The summed E-state index contributed by atoms with van der Waals surface area (Å²) in [6.07, 6.45) is -4.74. The van der Waals surface area contributed by atoms with Gasteiger partial charge < -0.3 is 9.84 Å². The van der Waals surface area contributed by atoms with Crippen LogP contribution in [0.25, 0.3) is 0 Å². The van der Waals surface area contributed by atoms with E-state index in [1.807, 2.05) is 0 Å². The largest absolute Gasteiger partial charge is 0.573 e. The molecule has 0 saturated heterocycles. The molecule has 22 heavy (non-hydrogen) atoms. The first-order chi connectivity index (χ1) is 10.3. The SMILES string of the molecule is OCC(c1ccc(OC(F)(F)F)cc1)c1ccc(Cl)cc1Cl. The molecule has 7 heteroatoms. The van der Waals surface area contributed by atoms with Crippen LogP contribution in [0, 0.1) is 0 Å². The zero-order valence-corrected chi connectivity index (χ0v) is 12.6. The molecule has 1 unspecified atom stereocenters. The number of aliphatic hydroxyl groups is 1. The summed E-state index contributed by atoms with van der Waals surface area (Å²) in [5, 5.41) is 10.4. The van der Waals surface area contributed by atoms with E-state index in [1.54, 1.807) is 18.2 Å². The van der Waals surface area contributed by atoms with E-state index in [9.17, 15) is 18.3 Å². The minimum atomic E-state index is -4.74. The number of benzene rings is 2. The van der Waals surface area contributed by atoms with Crippen LogP contribution in [0.4, 0.5) is 13.2 Å². The summed E-state index contributed by atoms with van der Waals surface area (Å²) in [5.41, 5.74) is 1.25. The molecule has 0 heterocycles. The zero-order valence-electron chi connectivity index (χ0n) is 11.1. The van der Waals surface area contributed by atoms with Crippen LogP contribution in [0.3, 0.4) is 0 Å². The van der Waals surface area contributed by atoms with Crippen molar-refractivity contribution < 1.29 is 23.0 Å². The van der Waals surface area contributed by atoms with E-state index in [0.717, 1.165) is 0 Å². The van der Waals surface area contributed by atoms with Crippen LogP contribution >= 0.6 is 23.2 Å². The fourth-order valence-corrected chi connectivity index (χ4v) is 2.61. The lowest BCUT2D eigenvalue weighted by Gasteiger charge is -2.17. The Morgan fingerprint density at radius 3 is 2.18 bits per heavy atom. The average Bonchev–Trinajstić information content (AvgIpc) is 2.42. The van der Waals surface area contributed by atoms with Crippen LogP contribution in [-0.4, -0.2) is 18.1 Å². The second-order valence-corrected chi connectivity index (χ2v) is 5.36. The molecule has 0 aromatic heterocycles.